The average molecular weight is 395 g/mol. The Bertz CT molecular complexity index is 1210. The Balaban J connectivity index is 1.75. The molecule has 4 rings (SSSR count). The number of aromatic nitrogens is 5. The van der Waals surface area contributed by atoms with E-state index in [9.17, 15) is 13.6 Å². The lowest BCUT2D eigenvalue weighted by Crippen LogP contribution is -2.18. The molecule has 3 N–H and O–H groups in total. The number of hydrogen-bond donors (Lipinski definition) is 2. The van der Waals surface area contributed by atoms with Gasteiger partial charge in [0.25, 0.3) is 5.91 Å². The van der Waals surface area contributed by atoms with Crippen LogP contribution in [0.15, 0.2) is 49.1 Å². The Labute approximate surface area is 163 Å². The van der Waals surface area contributed by atoms with Crippen LogP contribution in [-0.4, -0.2) is 30.2 Å². The van der Waals surface area contributed by atoms with E-state index in [-0.39, 0.29) is 17.2 Å². The highest BCUT2D eigenvalue weighted by Gasteiger charge is 2.18. The first-order valence-electron chi connectivity index (χ1n) is 8.60. The van der Waals surface area contributed by atoms with E-state index in [1.165, 1.54) is 47.3 Å². The Morgan fingerprint density at radius 1 is 1.07 bits per heavy atom. The van der Waals surface area contributed by atoms with Crippen molar-refractivity contribution in [3.8, 4) is 11.5 Å². The van der Waals surface area contributed by atoms with Gasteiger partial charge in [-0.25, -0.2) is 23.7 Å². The van der Waals surface area contributed by atoms with E-state index in [1.807, 2.05) is 0 Å². The minimum atomic E-state index is -0.720. The van der Waals surface area contributed by atoms with Crippen LogP contribution in [-0.2, 0) is 0 Å². The first kappa shape index (κ1) is 18.4. The van der Waals surface area contributed by atoms with E-state index in [2.05, 4.69) is 25.3 Å². The van der Waals surface area contributed by atoms with E-state index in [4.69, 9.17) is 5.73 Å². The van der Waals surface area contributed by atoms with Crippen LogP contribution >= 0.6 is 0 Å². The molecule has 0 bridgehead atoms. The number of carbonyl (C=O) groups is 1. The van der Waals surface area contributed by atoms with Crippen LogP contribution in [0.5, 0.6) is 0 Å². The van der Waals surface area contributed by atoms with Crippen LogP contribution in [0.3, 0.4) is 0 Å². The summed E-state index contributed by atoms with van der Waals surface area (Å²) >= 11 is 0. The van der Waals surface area contributed by atoms with Crippen LogP contribution < -0.4 is 11.1 Å². The van der Waals surface area contributed by atoms with Crippen molar-refractivity contribution in [1.82, 2.24) is 24.3 Å². The number of primary amides is 1. The lowest BCUT2D eigenvalue weighted by molar-refractivity contribution is 0.100. The number of amides is 1. The third-order valence-electron chi connectivity index (χ3n) is 4.30. The van der Waals surface area contributed by atoms with E-state index in [0.717, 1.165) is 6.20 Å². The van der Waals surface area contributed by atoms with E-state index >= 15 is 0 Å². The van der Waals surface area contributed by atoms with Gasteiger partial charge < -0.3 is 11.1 Å². The fourth-order valence-corrected chi connectivity index (χ4v) is 2.84. The first-order chi connectivity index (χ1) is 13.9. The Kier molecular flexibility index (Phi) is 4.59. The second kappa shape index (κ2) is 7.23. The Morgan fingerprint density at radius 2 is 1.86 bits per heavy atom. The second-order valence-corrected chi connectivity index (χ2v) is 6.31. The van der Waals surface area contributed by atoms with Crippen molar-refractivity contribution in [2.75, 3.05) is 5.32 Å². The normalized spacial score (nSPS) is 12.1. The quantitative estimate of drug-likeness (QED) is 0.538. The topological polar surface area (TPSA) is 111 Å². The molecule has 1 unspecified atom stereocenters. The molecule has 0 spiro atoms. The molecule has 1 amide bonds. The number of nitrogens with two attached hydrogens (primary N) is 1. The minimum absolute atomic E-state index is 0.0720. The van der Waals surface area contributed by atoms with Gasteiger partial charge in [-0.3, -0.25) is 14.2 Å². The highest BCUT2D eigenvalue weighted by Crippen LogP contribution is 2.24. The predicted molar refractivity (Wildman–Crippen MR) is 101 cm³/mol. The van der Waals surface area contributed by atoms with Crippen LogP contribution in [0.1, 0.15) is 29.0 Å². The number of fused-ring (bicyclic) bond motifs is 1. The van der Waals surface area contributed by atoms with Gasteiger partial charge in [-0.1, -0.05) is 0 Å². The second-order valence-electron chi connectivity index (χ2n) is 6.31. The maximum absolute atomic E-state index is 13.7. The first-order valence-corrected chi connectivity index (χ1v) is 8.60. The van der Waals surface area contributed by atoms with Crippen molar-refractivity contribution < 1.29 is 13.6 Å². The molecule has 10 heteroatoms. The summed E-state index contributed by atoms with van der Waals surface area (Å²) in [5, 5.41) is 3.05. The molecule has 0 aliphatic rings. The average Bonchev–Trinajstić information content (AvgIpc) is 3.11. The minimum Gasteiger partial charge on any atom is -0.365 e. The molecule has 0 radical (unpaired) electrons. The molecule has 0 fully saturated rings. The zero-order chi connectivity index (χ0) is 20.5. The van der Waals surface area contributed by atoms with Crippen LogP contribution in [0.2, 0.25) is 0 Å². The summed E-state index contributed by atoms with van der Waals surface area (Å²) < 4.78 is 28.3. The number of halogens is 2. The molecule has 0 saturated carbocycles. The molecule has 1 atom stereocenters. The van der Waals surface area contributed by atoms with Crippen LogP contribution in [0, 0.1) is 11.6 Å². The van der Waals surface area contributed by atoms with Gasteiger partial charge in [0.1, 0.15) is 28.8 Å². The summed E-state index contributed by atoms with van der Waals surface area (Å²) in [5.41, 5.74) is 7.00. The van der Waals surface area contributed by atoms with Gasteiger partial charge in [-0.05, 0) is 31.2 Å². The summed E-state index contributed by atoms with van der Waals surface area (Å²) in [6.07, 6.45) is 5.15. The van der Waals surface area contributed by atoms with Gasteiger partial charge in [0, 0.05) is 12.4 Å². The van der Waals surface area contributed by atoms with Crippen molar-refractivity contribution in [2.24, 2.45) is 5.73 Å². The lowest BCUT2D eigenvalue weighted by atomic mass is 10.2. The number of pyridine rings is 2. The number of hydrogen-bond acceptors (Lipinski definition) is 6. The van der Waals surface area contributed by atoms with Gasteiger partial charge >= 0.3 is 0 Å². The van der Waals surface area contributed by atoms with Crippen molar-refractivity contribution in [3.63, 3.8) is 0 Å². The predicted octanol–water partition coefficient (Wildman–Crippen LogP) is 2.74. The smallest absolute Gasteiger partial charge is 0.254 e. The largest absolute Gasteiger partial charge is 0.365 e. The molecule has 4 aromatic heterocycles. The van der Waals surface area contributed by atoms with Crippen LogP contribution in [0.25, 0.3) is 17.2 Å². The molecule has 8 nitrogen and oxygen atoms in total. The highest BCUT2D eigenvalue weighted by atomic mass is 19.1. The zero-order valence-electron chi connectivity index (χ0n) is 15.2. The lowest BCUT2D eigenvalue weighted by Gasteiger charge is -2.16. The van der Waals surface area contributed by atoms with Crippen molar-refractivity contribution >= 4 is 17.4 Å². The van der Waals surface area contributed by atoms with Crippen LogP contribution in [0.4, 0.5) is 14.6 Å². The van der Waals surface area contributed by atoms with Crippen molar-refractivity contribution in [1.29, 1.82) is 0 Å². The van der Waals surface area contributed by atoms with Gasteiger partial charge in [-0.15, -0.1) is 0 Å². The molecule has 0 saturated heterocycles. The zero-order valence-corrected chi connectivity index (χ0v) is 15.2. The number of imidazole rings is 1. The molecular weight excluding hydrogens is 380 g/mol. The number of nitrogens with one attached hydrogen (secondary N) is 1. The maximum Gasteiger partial charge on any atom is 0.254 e. The molecule has 29 heavy (non-hydrogen) atoms. The van der Waals surface area contributed by atoms with Gasteiger partial charge in [0.05, 0.1) is 29.7 Å². The number of anilines is 1. The third kappa shape index (κ3) is 3.59. The van der Waals surface area contributed by atoms with E-state index in [0.29, 0.717) is 17.0 Å². The van der Waals surface area contributed by atoms with Crippen molar-refractivity contribution in [3.05, 3.63) is 71.9 Å². The molecule has 4 heterocycles. The SMILES string of the molecule is CC(Nc1nc(-c2cnc3ccc(F)cn23)ncc1C(N)=O)c1ccc(F)cn1. The van der Waals surface area contributed by atoms with Crippen molar-refractivity contribution in [2.45, 2.75) is 13.0 Å². The summed E-state index contributed by atoms with van der Waals surface area (Å²) in [5.74, 6) is -1.23. The molecule has 0 aromatic carbocycles. The van der Waals surface area contributed by atoms with E-state index < -0.39 is 23.6 Å². The number of rotatable bonds is 5. The highest BCUT2D eigenvalue weighted by molar-refractivity contribution is 5.97. The maximum atomic E-state index is 13.7. The Hall–Kier alpha value is -3.95. The summed E-state index contributed by atoms with van der Waals surface area (Å²) in [4.78, 5) is 28.6. The molecule has 0 aliphatic carbocycles. The molecule has 0 aliphatic heterocycles. The van der Waals surface area contributed by atoms with Gasteiger partial charge in [0.2, 0.25) is 0 Å². The summed E-state index contributed by atoms with van der Waals surface area (Å²) in [6, 6.07) is 5.22. The monoisotopic (exact) mass is 395 g/mol. The standard InChI is InChI=1S/C19H15F2N7O/c1-10(14-4-2-11(20)6-23-14)26-18-13(17(22)29)7-25-19(27-18)15-8-24-16-5-3-12(21)9-28(15)16/h2-10H,1H3,(H2,22,29)(H,25,26,27). The fraction of sp³-hybridized carbons (Fsp3) is 0.105. The Morgan fingerprint density at radius 3 is 2.59 bits per heavy atom. The third-order valence-corrected chi connectivity index (χ3v) is 4.30. The number of carbonyl (C=O) groups excluding carboxylic acids is 1. The summed E-state index contributed by atoms with van der Waals surface area (Å²) in [7, 11) is 0. The molecule has 146 valence electrons. The molecule has 4 aromatic rings. The number of nitrogens with zero attached hydrogens (tertiary/aromatic N) is 5. The van der Waals surface area contributed by atoms with Gasteiger partial charge in [0.15, 0.2) is 5.82 Å². The molecular formula is C19H15F2N7O. The van der Waals surface area contributed by atoms with E-state index in [1.54, 1.807) is 6.92 Å². The fourth-order valence-electron chi connectivity index (χ4n) is 2.84. The summed E-state index contributed by atoms with van der Waals surface area (Å²) in [6.45, 7) is 1.77. The van der Waals surface area contributed by atoms with Gasteiger partial charge in [-0.2, -0.15) is 0 Å².